The summed E-state index contributed by atoms with van der Waals surface area (Å²) >= 11 is 0. The number of para-hydroxylation sites is 3. The topological polar surface area (TPSA) is 33.5 Å². The normalized spacial score (nSPS) is 23.6. The van der Waals surface area contributed by atoms with E-state index in [1.807, 2.05) is 6.07 Å². The minimum Gasteiger partial charge on any atom is -0.509 e. The van der Waals surface area contributed by atoms with E-state index in [0.717, 1.165) is 51.1 Å². The maximum Gasteiger partial charge on any atom is 0.135 e. The van der Waals surface area contributed by atoms with Gasteiger partial charge in [-0.1, -0.05) is 87.0 Å². The van der Waals surface area contributed by atoms with E-state index in [9.17, 15) is 0 Å². The molecule has 7 aromatic rings. The first-order valence-corrected chi connectivity index (χ1v) is 20.4. The third kappa shape index (κ3) is 5.78. The van der Waals surface area contributed by atoms with Gasteiger partial charge in [0.1, 0.15) is 5.82 Å². The van der Waals surface area contributed by atoms with Crippen LogP contribution in [-0.2, 0) is 31.9 Å². The second-order valence-corrected chi connectivity index (χ2v) is 17.9. The minimum absolute atomic E-state index is 0. The van der Waals surface area contributed by atoms with Crippen molar-refractivity contribution in [1.29, 1.82) is 0 Å². The summed E-state index contributed by atoms with van der Waals surface area (Å²) in [5, 5.41) is 2.31. The van der Waals surface area contributed by atoms with E-state index < -0.39 is 0 Å². The molecular formula is C51H47N4OPt-3. The van der Waals surface area contributed by atoms with E-state index in [1.165, 1.54) is 54.2 Å². The molecule has 0 unspecified atom stereocenters. The standard InChI is InChI=1S/C51H47N4O.Pt/c1-50(2,3)37-27-40(54-32-53(4)46-16-10-11-17-47(46)54)30-42(28-37)56-41-18-19-44-43-14-8-9-15-45(43)55(48(44)31-41)49-29-36(20-21-52-49)51(35-12-6-5-7-13-35)38-23-33-22-34(25-38)26-39(51)24-33;/h5-21,27-29,32-34,38-39H,22-26H2,1-4H3;/q-3;. The van der Waals surface area contributed by atoms with Gasteiger partial charge in [-0.05, 0) is 115 Å². The molecule has 5 nitrogen and oxygen atoms in total. The third-order valence-corrected chi connectivity index (χ3v) is 13.7. The van der Waals surface area contributed by atoms with Gasteiger partial charge in [0.05, 0.1) is 0 Å². The first-order chi connectivity index (χ1) is 27.2. The molecule has 5 aliphatic rings. The smallest absolute Gasteiger partial charge is 0.135 e. The quantitative estimate of drug-likeness (QED) is 0.156. The van der Waals surface area contributed by atoms with Gasteiger partial charge in [0, 0.05) is 61.1 Å². The second-order valence-electron chi connectivity index (χ2n) is 17.9. The van der Waals surface area contributed by atoms with Gasteiger partial charge in [-0.25, -0.2) is 4.98 Å². The molecule has 0 atom stereocenters. The molecule has 4 bridgehead atoms. The summed E-state index contributed by atoms with van der Waals surface area (Å²) in [6, 6.07) is 49.3. The molecule has 12 rings (SSSR count). The fourth-order valence-electron chi connectivity index (χ4n) is 11.4. The Balaban J connectivity index is 0.00000396. The molecule has 57 heavy (non-hydrogen) atoms. The maximum atomic E-state index is 6.78. The van der Waals surface area contributed by atoms with E-state index >= 15 is 0 Å². The van der Waals surface area contributed by atoms with Crippen molar-refractivity contribution in [3.8, 4) is 17.3 Å². The summed E-state index contributed by atoms with van der Waals surface area (Å²) in [6.45, 7) is 8.85. The molecule has 0 spiro atoms. The average Bonchev–Trinajstić information content (AvgIpc) is 3.72. The molecule has 0 amide bonds. The van der Waals surface area contributed by atoms with Crippen LogP contribution in [0.5, 0.6) is 11.5 Å². The Labute approximate surface area is 350 Å². The van der Waals surface area contributed by atoms with E-state index in [0.29, 0.717) is 23.3 Å². The molecule has 3 heterocycles. The van der Waals surface area contributed by atoms with Crippen LogP contribution in [0.3, 0.4) is 0 Å². The van der Waals surface area contributed by atoms with Gasteiger partial charge in [0.2, 0.25) is 0 Å². The molecule has 5 aromatic carbocycles. The average molecular weight is 927 g/mol. The number of rotatable bonds is 6. The largest absolute Gasteiger partial charge is 0.509 e. The van der Waals surface area contributed by atoms with E-state index in [1.54, 1.807) is 0 Å². The van der Waals surface area contributed by atoms with Crippen LogP contribution in [0.4, 0.5) is 17.1 Å². The summed E-state index contributed by atoms with van der Waals surface area (Å²) in [7, 11) is 2.09. The van der Waals surface area contributed by atoms with Crippen LogP contribution in [0.2, 0.25) is 0 Å². The zero-order chi connectivity index (χ0) is 37.8. The van der Waals surface area contributed by atoms with Crippen LogP contribution in [0.25, 0.3) is 27.6 Å². The maximum absolute atomic E-state index is 6.78. The molecule has 0 N–H and O–H groups in total. The zero-order valence-electron chi connectivity index (χ0n) is 33.0. The molecular weight excluding hydrogens is 880 g/mol. The number of hydrogen-bond donors (Lipinski definition) is 0. The Hall–Kier alpha value is -4.86. The number of pyridine rings is 1. The van der Waals surface area contributed by atoms with E-state index in [-0.39, 0.29) is 31.9 Å². The van der Waals surface area contributed by atoms with Gasteiger partial charge in [-0.2, -0.15) is 12.7 Å². The number of anilines is 3. The molecule has 4 aliphatic carbocycles. The summed E-state index contributed by atoms with van der Waals surface area (Å²) in [4.78, 5) is 9.49. The van der Waals surface area contributed by atoms with Crippen molar-refractivity contribution in [3.05, 3.63) is 157 Å². The fraction of sp³-hybridized carbons (Fsp3) is 0.294. The van der Waals surface area contributed by atoms with Gasteiger partial charge in [-0.3, -0.25) is 0 Å². The first-order valence-electron chi connectivity index (χ1n) is 20.4. The number of aromatic nitrogens is 2. The molecule has 2 aromatic heterocycles. The third-order valence-electron chi connectivity index (χ3n) is 13.7. The van der Waals surface area contributed by atoms with E-state index in [2.05, 4.69) is 176 Å². The van der Waals surface area contributed by atoms with Crippen molar-refractivity contribution in [3.63, 3.8) is 0 Å². The summed E-state index contributed by atoms with van der Waals surface area (Å²) in [6.07, 6.45) is 8.81. The van der Waals surface area contributed by atoms with Crippen molar-refractivity contribution < 1.29 is 25.8 Å². The van der Waals surface area contributed by atoms with Crippen LogP contribution >= 0.6 is 0 Å². The second kappa shape index (κ2) is 13.6. The van der Waals surface area contributed by atoms with Crippen LogP contribution < -0.4 is 14.5 Å². The minimum atomic E-state index is -0.0990. The Morgan fingerprint density at radius 2 is 1.40 bits per heavy atom. The Kier molecular flexibility index (Phi) is 8.72. The summed E-state index contributed by atoms with van der Waals surface area (Å²) in [5.41, 5.74) is 9.27. The van der Waals surface area contributed by atoms with Gasteiger partial charge >= 0.3 is 0 Å². The Morgan fingerprint density at radius 3 is 2.16 bits per heavy atom. The fourth-order valence-corrected chi connectivity index (χ4v) is 11.4. The van der Waals surface area contributed by atoms with Crippen molar-refractivity contribution >= 4 is 38.9 Å². The van der Waals surface area contributed by atoms with Gasteiger partial charge < -0.3 is 19.1 Å². The molecule has 0 saturated heterocycles. The van der Waals surface area contributed by atoms with Gasteiger partial charge in [0.15, 0.2) is 0 Å². The predicted molar refractivity (Wildman–Crippen MR) is 227 cm³/mol. The zero-order valence-corrected chi connectivity index (χ0v) is 35.3. The molecule has 4 saturated carbocycles. The Bertz CT molecular complexity index is 2610. The first kappa shape index (κ1) is 36.5. The van der Waals surface area contributed by atoms with Gasteiger partial charge in [-0.15, -0.1) is 47.0 Å². The van der Waals surface area contributed by atoms with Crippen molar-refractivity contribution in [1.82, 2.24) is 9.55 Å². The molecule has 0 radical (unpaired) electrons. The molecule has 1 aliphatic heterocycles. The summed E-state index contributed by atoms with van der Waals surface area (Å²) in [5.74, 6) is 5.31. The van der Waals surface area contributed by atoms with Crippen molar-refractivity contribution in [2.45, 2.75) is 63.7 Å². The van der Waals surface area contributed by atoms with Crippen LogP contribution in [0, 0.1) is 42.5 Å². The van der Waals surface area contributed by atoms with Crippen molar-refractivity contribution in [2.75, 3.05) is 16.8 Å². The molecule has 6 heteroatoms. The molecule has 4 fully saturated rings. The number of ether oxygens (including phenoxy) is 1. The SMILES string of the molecule is CN1[CH-]N(c2[c-]c(Oc3[c-]c4c(cc3)c3ccccc3n4-c3cc(C4(c5ccccc5)C5CC6CC(C5)CC4C6)ccn3)cc(C(C)(C)C)c2)c2ccccc21.[Pt]. The number of hydrogen-bond acceptors (Lipinski definition) is 4. The van der Waals surface area contributed by atoms with Crippen LogP contribution in [-0.4, -0.2) is 16.6 Å². The number of fused-ring (bicyclic) bond motifs is 4. The van der Waals surface area contributed by atoms with E-state index in [4.69, 9.17) is 9.72 Å². The monoisotopic (exact) mass is 926 g/mol. The van der Waals surface area contributed by atoms with Crippen molar-refractivity contribution in [2.24, 2.45) is 23.7 Å². The van der Waals surface area contributed by atoms with Gasteiger partial charge in [0.25, 0.3) is 0 Å². The Morgan fingerprint density at radius 1 is 0.702 bits per heavy atom. The van der Waals surface area contributed by atoms with Crippen LogP contribution in [0.1, 0.15) is 69.6 Å². The number of nitrogens with zero attached hydrogens (tertiary/aromatic N) is 4. The predicted octanol–water partition coefficient (Wildman–Crippen LogP) is 12.3. The summed E-state index contributed by atoms with van der Waals surface area (Å²) < 4.78 is 9.09. The molecule has 290 valence electrons. The van der Waals surface area contributed by atoms with Crippen LogP contribution in [0.15, 0.2) is 121 Å². The number of benzene rings is 5.